The largest absolute Gasteiger partial charge is 0.507 e. The summed E-state index contributed by atoms with van der Waals surface area (Å²) in [6.45, 7) is -1.89. The zero-order valence-corrected chi connectivity index (χ0v) is 32.3. The number of phenols is 3. The lowest BCUT2D eigenvalue weighted by Gasteiger charge is -2.26. The normalized spacial score (nSPS) is 11.3. The molecule has 0 aromatic heterocycles. The molecule has 0 heterocycles. The fraction of sp³-hybridized carbons (Fsp3) is 0.250. The summed E-state index contributed by atoms with van der Waals surface area (Å²) in [5, 5.41) is 88.9. The molecule has 10 nitrogen and oxygen atoms in total. The van der Waals surface area contributed by atoms with Gasteiger partial charge in [0.15, 0.2) is 0 Å². The first-order valence-electron chi connectivity index (χ1n) is 19.4. The highest BCUT2D eigenvalue weighted by Gasteiger charge is 2.16. The minimum Gasteiger partial charge on any atom is -0.507 e. The number of benzene rings is 6. The van der Waals surface area contributed by atoms with Crippen molar-refractivity contribution >= 4 is 17.1 Å². The summed E-state index contributed by atoms with van der Waals surface area (Å²) >= 11 is 0. The summed E-state index contributed by atoms with van der Waals surface area (Å²) in [6.07, 6.45) is 4.12. The van der Waals surface area contributed by atoms with Crippen molar-refractivity contribution in [3.63, 3.8) is 0 Å². The van der Waals surface area contributed by atoms with E-state index in [1.54, 1.807) is 36.4 Å². The summed E-state index contributed by atoms with van der Waals surface area (Å²) in [5.41, 5.74) is 11.3. The molecule has 0 aliphatic carbocycles. The molecule has 0 aliphatic rings. The summed E-state index contributed by atoms with van der Waals surface area (Å²) < 4.78 is 0. The first-order valence-corrected chi connectivity index (χ1v) is 19.4. The van der Waals surface area contributed by atoms with Crippen molar-refractivity contribution in [3.05, 3.63) is 176 Å². The van der Waals surface area contributed by atoms with E-state index in [4.69, 9.17) is 0 Å². The fourth-order valence-corrected chi connectivity index (χ4v) is 7.40. The average molecular weight is 786 g/mol. The van der Waals surface area contributed by atoms with Crippen molar-refractivity contribution in [2.24, 2.45) is 0 Å². The Hall–Kier alpha value is -5.72. The second-order valence-electron chi connectivity index (χ2n) is 14.6. The van der Waals surface area contributed by atoms with Crippen LogP contribution in [0.5, 0.6) is 17.2 Å². The van der Waals surface area contributed by atoms with E-state index < -0.39 is 0 Å². The van der Waals surface area contributed by atoms with Gasteiger partial charge in [0.05, 0.1) is 39.6 Å². The number of anilines is 3. The lowest BCUT2D eigenvalue weighted by atomic mass is 9.98. The Morgan fingerprint density at radius 1 is 0.276 bits per heavy atom. The molecular formula is C48H51NO9. The topological polar surface area (TPSA) is 185 Å². The van der Waals surface area contributed by atoms with Gasteiger partial charge in [0.1, 0.15) is 17.2 Å². The van der Waals surface area contributed by atoms with Crippen molar-refractivity contribution in [1.82, 2.24) is 0 Å². The van der Waals surface area contributed by atoms with E-state index in [9.17, 15) is 46.0 Å². The van der Waals surface area contributed by atoms with Crippen LogP contribution in [-0.4, -0.2) is 46.0 Å². The highest BCUT2D eigenvalue weighted by molar-refractivity contribution is 5.76. The Morgan fingerprint density at radius 3 is 0.655 bits per heavy atom. The number of hydrogen-bond acceptors (Lipinski definition) is 10. The molecule has 0 bridgehead atoms. The standard InChI is InChI=1S/C48H51NO9/c50-25-37-19-34(20-38(26-51)46(37)56)4-1-31-7-13-43(14-8-31)49(44-15-9-32(10-16-44)2-5-35-21-39(27-52)47(57)40(22-35)28-53)45-17-11-33(12-18-45)3-6-36-23-41(29-54)48(58)42(24-36)30-55/h7-24,50-58H,1-6,25-30H2. The van der Waals surface area contributed by atoms with Gasteiger partial charge >= 0.3 is 0 Å². The average Bonchev–Trinajstić information content (AvgIpc) is 3.26. The molecule has 0 atom stereocenters. The predicted molar refractivity (Wildman–Crippen MR) is 223 cm³/mol. The van der Waals surface area contributed by atoms with Crippen LogP contribution in [0.4, 0.5) is 17.1 Å². The minimum absolute atomic E-state index is 0.0736. The van der Waals surface area contributed by atoms with E-state index >= 15 is 0 Å². The number of aromatic hydroxyl groups is 3. The maximum Gasteiger partial charge on any atom is 0.126 e. The van der Waals surface area contributed by atoms with Gasteiger partial charge in [0, 0.05) is 50.4 Å². The summed E-state index contributed by atoms with van der Waals surface area (Å²) in [4.78, 5) is 2.18. The Bertz CT molecular complexity index is 1950. The number of hydrogen-bond donors (Lipinski definition) is 9. The van der Waals surface area contributed by atoms with Gasteiger partial charge in [-0.3, -0.25) is 0 Å². The van der Waals surface area contributed by atoms with Crippen molar-refractivity contribution in [1.29, 1.82) is 0 Å². The highest BCUT2D eigenvalue weighted by Crippen LogP contribution is 2.36. The van der Waals surface area contributed by atoms with Crippen molar-refractivity contribution in [2.45, 2.75) is 78.2 Å². The Morgan fingerprint density at radius 2 is 0.466 bits per heavy atom. The quantitative estimate of drug-likeness (QED) is 0.0461. The molecule has 0 saturated heterocycles. The molecule has 6 aromatic rings. The molecule has 6 aromatic carbocycles. The monoisotopic (exact) mass is 785 g/mol. The SMILES string of the molecule is OCc1cc(CCc2ccc(N(c3ccc(CCc4cc(CO)c(O)c(CO)c4)cc3)c3ccc(CCc4cc(CO)c(O)c(CO)c4)cc3)cc2)cc(CO)c1O. The lowest BCUT2D eigenvalue weighted by Crippen LogP contribution is -2.10. The molecule has 0 aliphatic heterocycles. The van der Waals surface area contributed by atoms with Crippen molar-refractivity contribution in [3.8, 4) is 17.2 Å². The molecule has 0 unspecified atom stereocenters. The van der Waals surface area contributed by atoms with E-state index in [-0.39, 0.29) is 56.9 Å². The summed E-state index contributed by atoms with van der Waals surface area (Å²) in [6, 6.07) is 35.6. The third kappa shape index (κ3) is 9.86. The van der Waals surface area contributed by atoms with Crippen LogP contribution in [0.2, 0.25) is 0 Å². The molecule has 9 N–H and O–H groups in total. The lowest BCUT2D eigenvalue weighted by molar-refractivity contribution is 0.263. The van der Waals surface area contributed by atoms with E-state index in [1.165, 1.54) is 0 Å². The molecule has 0 amide bonds. The molecule has 58 heavy (non-hydrogen) atoms. The van der Waals surface area contributed by atoms with Crippen LogP contribution < -0.4 is 4.90 Å². The summed E-state index contributed by atoms with van der Waals surface area (Å²) in [7, 11) is 0. The molecule has 10 heteroatoms. The molecule has 6 rings (SSSR count). The maximum absolute atomic E-state index is 10.3. The number of aliphatic hydroxyl groups is 6. The smallest absolute Gasteiger partial charge is 0.126 e. The van der Waals surface area contributed by atoms with Gasteiger partial charge in [-0.05, 0) is 145 Å². The number of aryl methyl sites for hydroxylation is 6. The highest BCUT2D eigenvalue weighted by atomic mass is 16.3. The number of rotatable bonds is 18. The van der Waals surface area contributed by atoms with E-state index in [2.05, 4.69) is 77.7 Å². The van der Waals surface area contributed by atoms with Crippen LogP contribution in [0.15, 0.2) is 109 Å². The van der Waals surface area contributed by atoms with Crippen molar-refractivity contribution in [2.75, 3.05) is 4.90 Å². The van der Waals surface area contributed by atoms with Crippen LogP contribution >= 0.6 is 0 Å². The maximum atomic E-state index is 10.3. The number of nitrogens with zero attached hydrogens (tertiary/aromatic N) is 1. The van der Waals surface area contributed by atoms with Gasteiger partial charge in [-0.25, -0.2) is 0 Å². The van der Waals surface area contributed by atoms with Crippen LogP contribution in [0, 0.1) is 0 Å². The number of aliphatic hydroxyl groups excluding tert-OH is 6. The van der Waals surface area contributed by atoms with Gasteiger partial charge in [-0.2, -0.15) is 0 Å². The Kier molecular flexibility index (Phi) is 14.2. The van der Waals surface area contributed by atoms with Gasteiger partial charge in [-0.15, -0.1) is 0 Å². The van der Waals surface area contributed by atoms with Gasteiger partial charge in [0.2, 0.25) is 0 Å². The van der Waals surface area contributed by atoms with Crippen LogP contribution in [0.25, 0.3) is 0 Å². The second-order valence-corrected chi connectivity index (χ2v) is 14.6. The molecule has 0 saturated carbocycles. The Balaban J connectivity index is 1.23. The van der Waals surface area contributed by atoms with Crippen LogP contribution in [0.3, 0.4) is 0 Å². The zero-order valence-electron chi connectivity index (χ0n) is 32.3. The van der Waals surface area contributed by atoms with E-state index in [0.29, 0.717) is 71.9 Å². The minimum atomic E-state index is -0.316. The zero-order chi connectivity index (χ0) is 41.2. The first-order chi connectivity index (χ1) is 28.2. The molecule has 0 radical (unpaired) electrons. The van der Waals surface area contributed by atoms with Gasteiger partial charge in [-0.1, -0.05) is 36.4 Å². The molecule has 302 valence electrons. The molecular weight excluding hydrogens is 735 g/mol. The van der Waals surface area contributed by atoms with E-state index in [1.807, 2.05) is 0 Å². The van der Waals surface area contributed by atoms with Crippen molar-refractivity contribution < 1.29 is 46.0 Å². The summed E-state index contributed by atoms with van der Waals surface area (Å²) in [5.74, 6) is -0.221. The van der Waals surface area contributed by atoms with Crippen LogP contribution in [0.1, 0.15) is 66.8 Å². The first kappa shape index (κ1) is 41.9. The molecule has 0 spiro atoms. The Labute approximate surface area is 338 Å². The predicted octanol–water partition coefficient (Wildman–Crippen LogP) is 6.58. The van der Waals surface area contributed by atoms with E-state index in [0.717, 1.165) is 50.4 Å². The third-order valence-corrected chi connectivity index (χ3v) is 10.7. The molecule has 0 fully saturated rings. The fourth-order valence-electron chi connectivity index (χ4n) is 7.40. The third-order valence-electron chi connectivity index (χ3n) is 10.7. The van der Waals surface area contributed by atoms with Gasteiger partial charge < -0.3 is 50.9 Å². The van der Waals surface area contributed by atoms with Gasteiger partial charge in [0.25, 0.3) is 0 Å². The second kappa shape index (κ2) is 19.6. The van der Waals surface area contributed by atoms with Crippen LogP contribution in [-0.2, 0) is 78.2 Å².